The molecule has 7 rings (SSSR count). The zero-order valence-electron chi connectivity index (χ0n) is 31.9. The lowest BCUT2D eigenvalue weighted by molar-refractivity contribution is -0.174. The smallest absolute Gasteiger partial charge is 0.407 e. The number of amides is 5. The molecule has 2 aromatic heterocycles. The highest BCUT2D eigenvalue weighted by Gasteiger charge is 2.44. The zero-order chi connectivity index (χ0) is 39.5. The molecule has 4 aromatic rings. The number of H-pyrrole nitrogens is 2. The van der Waals surface area contributed by atoms with E-state index in [4.69, 9.17) is 9.47 Å². The number of nitrogens with one attached hydrogen (secondary N) is 4. The molecule has 16 heteroatoms. The first-order chi connectivity index (χ1) is 27.1. The van der Waals surface area contributed by atoms with Crippen molar-refractivity contribution in [2.75, 3.05) is 27.3 Å². The molecule has 0 spiro atoms. The highest BCUT2D eigenvalue weighted by atomic mass is 16.5. The van der Waals surface area contributed by atoms with E-state index < -0.39 is 30.3 Å². The number of alkyl carbamates (subject to hydrolysis) is 2. The van der Waals surface area contributed by atoms with Gasteiger partial charge in [-0.1, -0.05) is 62.4 Å². The van der Waals surface area contributed by atoms with E-state index in [0.29, 0.717) is 37.6 Å². The molecule has 0 bridgehead atoms. The van der Waals surface area contributed by atoms with Gasteiger partial charge in [0.2, 0.25) is 11.8 Å². The molecule has 5 heterocycles. The summed E-state index contributed by atoms with van der Waals surface area (Å²) < 4.78 is 9.46. The zero-order valence-corrected chi connectivity index (χ0v) is 31.9. The minimum atomic E-state index is -0.882. The number of aromatic amines is 2. The van der Waals surface area contributed by atoms with Gasteiger partial charge in [0, 0.05) is 19.5 Å². The van der Waals surface area contributed by atoms with Crippen LogP contribution in [0, 0.1) is 5.92 Å². The molecule has 56 heavy (non-hydrogen) atoms. The first kappa shape index (κ1) is 38.1. The molecule has 5 amide bonds. The van der Waals surface area contributed by atoms with Crippen LogP contribution >= 0.6 is 0 Å². The Kier molecular flexibility index (Phi) is 11.1. The molecule has 0 aliphatic carbocycles. The van der Waals surface area contributed by atoms with Crippen molar-refractivity contribution in [3.63, 3.8) is 0 Å². The molecular weight excluding hydrogens is 718 g/mol. The van der Waals surface area contributed by atoms with Crippen LogP contribution in [-0.4, -0.2) is 104 Å². The number of hydrogen-bond acceptors (Lipinski definition) is 9. The number of likely N-dealkylation sites (tertiary alicyclic amines) is 1. The van der Waals surface area contributed by atoms with Crippen LogP contribution < -0.4 is 10.6 Å². The summed E-state index contributed by atoms with van der Waals surface area (Å²) in [5, 5.41) is 8.22. The molecule has 0 radical (unpaired) electrons. The Morgan fingerprint density at radius 1 is 0.750 bits per heavy atom. The monoisotopic (exact) mass is 765 g/mol. The average molecular weight is 766 g/mol. The van der Waals surface area contributed by atoms with Crippen molar-refractivity contribution >= 4 is 29.9 Å². The van der Waals surface area contributed by atoms with Gasteiger partial charge in [-0.2, -0.15) is 0 Å². The van der Waals surface area contributed by atoms with Crippen molar-refractivity contribution in [3.05, 3.63) is 72.6 Å². The van der Waals surface area contributed by atoms with E-state index in [1.807, 2.05) is 62.4 Å². The van der Waals surface area contributed by atoms with Gasteiger partial charge in [-0.25, -0.2) is 24.6 Å². The van der Waals surface area contributed by atoms with E-state index in [0.717, 1.165) is 46.5 Å². The second kappa shape index (κ2) is 16.3. The number of carbonyl (C=O) groups is 5. The number of benzene rings is 2. The lowest BCUT2D eigenvalue weighted by Gasteiger charge is -2.42. The largest absolute Gasteiger partial charge is 0.453 e. The SMILES string of the molecule is COC(=O)N[C@H]1CCC(=O)N2CCC[C@@H](c3ncc(-c4ccc(-c5ccc(-c6cnc([C@@H]7CCCN7C(=O)[C@@H](NC(=O)OC)C(C)C)[nH]6)cc5)cc4)[nH]3)N2C1=O. The number of hydrazine groups is 1. The van der Waals surface area contributed by atoms with Gasteiger partial charge in [-0.3, -0.25) is 19.4 Å². The summed E-state index contributed by atoms with van der Waals surface area (Å²) in [4.78, 5) is 82.0. The van der Waals surface area contributed by atoms with Gasteiger partial charge >= 0.3 is 12.2 Å². The van der Waals surface area contributed by atoms with Crippen molar-refractivity contribution in [1.29, 1.82) is 0 Å². The van der Waals surface area contributed by atoms with E-state index in [-0.39, 0.29) is 42.5 Å². The van der Waals surface area contributed by atoms with E-state index in [2.05, 4.69) is 30.6 Å². The number of nitrogens with zero attached hydrogens (tertiary/aromatic N) is 5. The fourth-order valence-corrected chi connectivity index (χ4v) is 7.80. The maximum absolute atomic E-state index is 13.7. The summed E-state index contributed by atoms with van der Waals surface area (Å²) in [5.74, 6) is 0.468. The van der Waals surface area contributed by atoms with Crippen LogP contribution in [0.4, 0.5) is 9.59 Å². The van der Waals surface area contributed by atoms with Crippen LogP contribution in [0.25, 0.3) is 33.6 Å². The number of rotatable bonds is 9. The van der Waals surface area contributed by atoms with Crippen molar-refractivity contribution < 1.29 is 33.4 Å². The number of methoxy groups -OCH3 is 2. The van der Waals surface area contributed by atoms with Crippen molar-refractivity contribution in [2.45, 2.75) is 76.5 Å². The topological polar surface area (TPSA) is 195 Å². The maximum Gasteiger partial charge on any atom is 0.407 e. The molecule has 16 nitrogen and oxygen atoms in total. The first-order valence-electron chi connectivity index (χ1n) is 19.0. The van der Waals surface area contributed by atoms with Crippen LogP contribution in [0.15, 0.2) is 60.9 Å². The van der Waals surface area contributed by atoms with E-state index in [1.54, 1.807) is 17.3 Å². The van der Waals surface area contributed by atoms with Gasteiger partial charge in [0.1, 0.15) is 29.8 Å². The highest BCUT2D eigenvalue weighted by molar-refractivity contribution is 5.91. The molecule has 3 aliphatic heterocycles. The number of fused-ring (bicyclic) bond motifs is 1. The van der Waals surface area contributed by atoms with Gasteiger partial charge in [0.25, 0.3) is 5.91 Å². The predicted octanol–water partition coefficient (Wildman–Crippen LogP) is 5.10. The highest BCUT2D eigenvalue weighted by Crippen LogP contribution is 2.36. The number of carbonyl (C=O) groups excluding carboxylic acids is 5. The van der Waals surface area contributed by atoms with Gasteiger partial charge in [0.15, 0.2) is 0 Å². The summed E-state index contributed by atoms with van der Waals surface area (Å²) in [6.45, 7) is 4.79. The lowest BCUT2D eigenvalue weighted by Crippen LogP contribution is -2.57. The summed E-state index contributed by atoms with van der Waals surface area (Å²) in [6.07, 6.45) is 5.40. The minimum Gasteiger partial charge on any atom is -0.453 e. The van der Waals surface area contributed by atoms with Gasteiger partial charge in [-0.15, -0.1) is 0 Å². The van der Waals surface area contributed by atoms with Crippen molar-refractivity contribution in [1.82, 2.24) is 45.5 Å². The van der Waals surface area contributed by atoms with Crippen LogP contribution in [0.3, 0.4) is 0 Å². The quantitative estimate of drug-likeness (QED) is 0.179. The van der Waals surface area contributed by atoms with E-state index in [9.17, 15) is 24.0 Å². The van der Waals surface area contributed by atoms with Crippen molar-refractivity contribution in [2.24, 2.45) is 5.92 Å². The molecule has 4 atom stereocenters. The van der Waals surface area contributed by atoms with Crippen molar-refractivity contribution in [3.8, 4) is 33.6 Å². The Morgan fingerprint density at radius 2 is 1.29 bits per heavy atom. The Bertz CT molecular complexity index is 2080. The summed E-state index contributed by atoms with van der Waals surface area (Å²) >= 11 is 0. The van der Waals surface area contributed by atoms with Crippen LogP contribution in [-0.2, 0) is 23.9 Å². The fraction of sp³-hybridized carbons (Fsp3) is 0.425. The Hall–Kier alpha value is -6.19. The second-order valence-electron chi connectivity index (χ2n) is 14.7. The van der Waals surface area contributed by atoms with Crippen LogP contribution in [0.2, 0.25) is 0 Å². The molecule has 4 N–H and O–H groups in total. The van der Waals surface area contributed by atoms with Gasteiger partial charge < -0.3 is 35.0 Å². The first-order valence-corrected chi connectivity index (χ1v) is 19.0. The molecular formula is C40H47N9O7. The molecule has 0 unspecified atom stereocenters. The Balaban J connectivity index is 1.02. The summed E-state index contributed by atoms with van der Waals surface area (Å²) in [5.41, 5.74) is 5.52. The molecule has 3 saturated heterocycles. The van der Waals surface area contributed by atoms with E-state index >= 15 is 0 Å². The minimum absolute atomic E-state index is 0.114. The number of aromatic nitrogens is 4. The maximum atomic E-state index is 13.7. The average Bonchev–Trinajstić information content (AvgIpc) is 4.01. The second-order valence-corrected chi connectivity index (χ2v) is 14.7. The van der Waals surface area contributed by atoms with Crippen LogP contribution in [0.1, 0.15) is 76.1 Å². The standard InChI is InChI=1S/C40H47N9O7/c1-23(2)34(46-40(54)56-4)38(52)47-19-5-7-31(47)35-41-21-29(43-35)26-13-9-24(10-14-26)25-11-15-27(16-12-25)30-22-42-36(44-30)32-8-6-20-48-33(50)18-17-28(37(51)49(32)48)45-39(53)55-3/h9-16,21-23,28,31-32,34H,5-8,17-20H2,1-4H3,(H,41,43)(H,42,44)(H,45,53)(H,46,54)/t28-,31-,32-,34-/m0/s1. The Labute approximate surface area is 324 Å². The number of imidazole rings is 2. The predicted molar refractivity (Wildman–Crippen MR) is 204 cm³/mol. The summed E-state index contributed by atoms with van der Waals surface area (Å²) in [6, 6.07) is 13.9. The van der Waals surface area contributed by atoms with Crippen LogP contribution in [0.5, 0.6) is 0 Å². The molecule has 294 valence electrons. The Morgan fingerprint density at radius 3 is 1.86 bits per heavy atom. The fourth-order valence-electron chi connectivity index (χ4n) is 7.80. The third-order valence-corrected chi connectivity index (χ3v) is 10.8. The molecule has 3 fully saturated rings. The lowest BCUT2D eigenvalue weighted by atomic mass is 10.0. The number of hydrogen-bond donors (Lipinski definition) is 4. The van der Waals surface area contributed by atoms with Gasteiger partial charge in [-0.05, 0) is 60.3 Å². The molecule has 2 aromatic carbocycles. The van der Waals surface area contributed by atoms with E-state index in [1.165, 1.54) is 24.2 Å². The number of ether oxygens (including phenoxy) is 2. The third-order valence-electron chi connectivity index (χ3n) is 10.8. The third kappa shape index (κ3) is 7.68. The normalized spacial score (nSPS) is 20.4. The molecule has 3 aliphatic rings. The summed E-state index contributed by atoms with van der Waals surface area (Å²) in [7, 11) is 2.52. The van der Waals surface area contributed by atoms with Gasteiger partial charge in [0.05, 0.1) is 44.0 Å². The molecule has 0 saturated carbocycles.